The maximum atomic E-state index is 13.2. The standard InChI is InChI=1S/C57H99NO13/c1-3-5-7-9-11-13-15-17-18-19-20-21-22-23-24-25-26-27-28-29-31-33-35-37-39-41-49(62)58-45(46(61)40-38-36-34-32-30-16-14-12-10-8-6-4-2)44-68-56-54(67)52(65)55(48(43-60)70-56)71-57-53(66)51(64)50(63)47(42-59)69-57/h5,7,11,13,17-18,20-21,23-24,38,40,45-48,50-57,59-61,63-67H,3-4,6,8-10,12,14-16,19,22,25-37,39,41-44H2,1-2H3,(H,58,62)/b7-5-,13-11-,18-17-,21-20-,24-23-,40-38+. The molecule has 12 atom stereocenters. The normalized spacial score (nSPS) is 26.3. The summed E-state index contributed by atoms with van der Waals surface area (Å²) < 4.78 is 22.7. The van der Waals surface area contributed by atoms with Gasteiger partial charge in [0.05, 0.1) is 32.0 Å². The Morgan fingerprint density at radius 1 is 0.521 bits per heavy atom. The van der Waals surface area contributed by atoms with Crippen molar-refractivity contribution in [2.75, 3.05) is 19.8 Å². The van der Waals surface area contributed by atoms with Crippen LogP contribution in [-0.2, 0) is 23.7 Å². The largest absolute Gasteiger partial charge is 0.394 e. The average Bonchev–Trinajstić information content (AvgIpc) is 3.37. The van der Waals surface area contributed by atoms with Crippen LogP contribution in [0.1, 0.15) is 187 Å². The van der Waals surface area contributed by atoms with Gasteiger partial charge in [0, 0.05) is 6.42 Å². The lowest BCUT2D eigenvalue weighted by atomic mass is 9.97. The highest BCUT2D eigenvalue weighted by Crippen LogP contribution is 2.30. The topological polar surface area (TPSA) is 228 Å². The second-order valence-electron chi connectivity index (χ2n) is 19.3. The fourth-order valence-corrected chi connectivity index (χ4v) is 8.67. The van der Waals surface area contributed by atoms with Crippen LogP contribution in [0.2, 0.25) is 0 Å². The van der Waals surface area contributed by atoms with Gasteiger partial charge in [-0.2, -0.15) is 0 Å². The Labute approximate surface area is 428 Å². The third-order valence-electron chi connectivity index (χ3n) is 13.1. The number of hydrogen-bond acceptors (Lipinski definition) is 13. The number of unbranched alkanes of at least 4 members (excludes halogenated alkanes) is 19. The van der Waals surface area contributed by atoms with Crippen LogP contribution in [0.5, 0.6) is 0 Å². The van der Waals surface area contributed by atoms with Crippen LogP contribution < -0.4 is 5.32 Å². The number of rotatable bonds is 42. The second-order valence-corrected chi connectivity index (χ2v) is 19.3. The van der Waals surface area contributed by atoms with E-state index in [1.807, 2.05) is 6.08 Å². The predicted octanol–water partition coefficient (Wildman–Crippen LogP) is 8.38. The first-order valence-electron chi connectivity index (χ1n) is 27.7. The minimum Gasteiger partial charge on any atom is -0.394 e. The first-order valence-corrected chi connectivity index (χ1v) is 27.7. The maximum absolute atomic E-state index is 13.2. The van der Waals surface area contributed by atoms with Gasteiger partial charge in [0.25, 0.3) is 0 Å². The Bertz CT molecular complexity index is 1470. The van der Waals surface area contributed by atoms with E-state index in [1.165, 1.54) is 83.5 Å². The number of hydrogen-bond donors (Lipinski definition) is 9. The van der Waals surface area contributed by atoms with E-state index >= 15 is 0 Å². The average molecular weight is 1010 g/mol. The highest BCUT2D eigenvalue weighted by Gasteiger charge is 2.51. The van der Waals surface area contributed by atoms with Crippen LogP contribution >= 0.6 is 0 Å². The number of nitrogens with one attached hydrogen (secondary N) is 1. The van der Waals surface area contributed by atoms with E-state index in [-0.39, 0.29) is 18.9 Å². The highest BCUT2D eigenvalue weighted by atomic mass is 16.7. The molecular weight excluding hydrogens is 907 g/mol. The Kier molecular flexibility index (Phi) is 38.9. The summed E-state index contributed by atoms with van der Waals surface area (Å²) in [5, 5.41) is 86.8. The molecule has 0 aliphatic carbocycles. The number of allylic oxidation sites excluding steroid dienone is 11. The molecule has 1 amide bonds. The van der Waals surface area contributed by atoms with Crippen molar-refractivity contribution < 1.29 is 64.6 Å². The highest BCUT2D eigenvalue weighted by molar-refractivity contribution is 5.76. The van der Waals surface area contributed by atoms with Gasteiger partial charge in [-0.1, -0.05) is 189 Å². The van der Waals surface area contributed by atoms with Gasteiger partial charge < -0.3 is 65.1 Å². The molecule has 14 nitrogen and oxygen atoms in total. The summed E-state index contributed by atoms with van der Waals surface area (Å²) in [5.41, 5.74) is 0. The Hall–Kier alpha value is -2.57. The first-order chi connectivity index (χ1) is 34.6. The predicted molar refractivity (Wildman–Crippen MR) is 281 cm³/mol. The number of aliphatic hydroxyl groups is 8. The molecule has 2 aliphatic heterocycles. The summed E-state index contributed by atoms with van der Waals surface area (Å²) in [7, 11) is 0. The number of amides is 1. The molecule has 0 bridgehead atoms. The van der Waals surface area contributed by atoms with Gasteiger partial charge in [-0.25, -0.2) is 0 Å². The molecule has 0 saturated carbocycles. The van der Waals surface area contributed by atoms with E-state index in [0.717, 1.165) is 77.0 Å². The molecule has 0 radical (unpaired) electrons. The van der Waals surface area contributed by atoms with Crippen molar-refractivity contribution in [2.45, 2.75) is 261 Å². The zero-order valence-corrected chi connectivity index (χ0v) is 43.7. The molecule has 0 aromatic heterocycles. The molecule has 2 saturated heterocycles. The fourth-order valence-electron chi connectivity index (χ4n) is 8.67. The lowest BCUT2D eigenvalue weighted by molar-refractivity contribution is -0.359. The van der Waals surface area contributed by atoms with E-state index in [2.05, 4.69) is 79.9 Å². The number of carbonyl (C=O) groups excluding carboxylic acids is 1. The van der Waals surface area contributed by atoms with E-state index in [4.69, 9.17) is 18.9 Å². The molecule has 9 N–H and O–H groups in total. The lowest BCUT2D eigenvalue weighted by Gasteiger charge is -2.46. The summed E-state index contributed by atoms with van der Waals surface area (Å²) in [6.07, 6.45) is 37.9. The number of aliphatic hydroxyl groups excluding tert-OH is 8. The van der Waals surface area contributed by atoms with Crippen LogP contribution in [-0.4, -0.2) is 140 Å². The molecule has 2 fully saturated rings. The molecule has 2 heterocycles. The Balaban J connectivity index is 1.76. The molecule has 14 heteroatoms. The van der Waals surface area contributed by atoms with Crippen molar-refractivity contribution in [3.63, 3.8) is 0 Å². The van der Waals surface area contributed by atoms with Gasteiger partial charge in [0.15, 0.2) is 12.6 Å². The molecule has 2 rings (SSSR count). The fraction of sp³-hybridized carbons (Fsp3) is 0.772. The Morgan fingerprint density at radius 2 is 0.972 bits per heavy atom. The third-order valence-corrected chi connectivity index (χ3v) is 13.1. The third kappa shape index (κ3) is 29.2. The Morgan fingerprint density at radius 3 is 1.49 bits per heavy atom. The first kappa shape index (κ1) is 64.5. The molecule has 0 aromatic carbocycles. The van der Waals surface area contributed by atoms with Crippen LogP contribution in [0.15, 0.2) is 72.9 Å². The number of ether oxygens (including phenoxy) is 4. The summed E-state index contributed by atoms with van der Waals surface area (Å²) in [6.45, 7) is 2.65. The number of carbonyl (C=O) groups is 1. The molecule has 71 heavy (non-hydrogen) atoms. The summed E-state index contributed by atoms with van der Waals surface area (Å²) >= 11 is 0. The molecule has 0 spiro atoms. The monoisotopic (exact) mass is 1010 g/mol. The van der Waals surface area contributed by atoms with Crippen molar-refractivity contribution in [1.29, 1.82) is 0 Å². The maximum Gasteiger partial charge on any atom is 0.220 e. The molecule has 410 valence electrons. The SMILES string of the molecule is CC/C=C\C/C=C\C/C=C\C/C=C\C/C=C\CCCCCCCCCCCC(=O)NC(COC1OC(CO)C(OC2OC(CO)C(O)C(O)C2O)C(O)C1O)C(O)/C=C/CCCCCCCCCCCC. The van der Waals surface area contributed by atoms with Gasteiger partial charge >= 0.3 is 0 Å². The van der Waals surface area contributed by atoms with Gasteiger partial charge in [-0.15, -0.1) is 0 Å². The minimum atomic E-state index is -1.79. The summed E-state index contributed by atoms with van der Waals surface area (Å²) in [4.78, 5) is 13.2. The van der Waals surface area contributed by atoms with Gasteiger partial charge in [0.2, 0.25) is 5.91 Å². The summed E-state index contributed by atoms with van der Waals surface area (Å²) in [6, 6.07) is -0.920. The van der Waals surface area contributed by atoms with Crippen molar-refractivity contribution in [2.24, 2.45) is 0 Å². The van der Waals surface area contributed by atoms with Gasteiger partial charge in [-0.3, -0.25) is 4.79 Å². The van der Waals surface area contributed by atoms with Crippen LogP contribution in [0.25, 0.3) is 0 Å². The molecular formula is C57H99NO13. The van der Waals surface area contributed by atoms with Crippen LogP contribution in [0.4, 0.5) is 0 Å². The van der Waals surface area contributed by atoms with E-state index < -0.39 is 86.8 Å². The molecule has 0 aromatic rings. The van der Waals surface area contributed by atoms with Crippen LogP contribution in [0, 0.1) is 0 Å². The van der Waals surface area contributed by atoms with E-state index in [1.54, 1.807) is 6.08 Å². The van der Waals surface area contributed by atoms with Crippen molar-refractivity contribution in [1.82, 2.24) is 5.32 Å². The second kappa shape index (κ2) is 42.8. The van der Waals surface area contributed by atoms with E-state index in [9.17, 15) is 45.6 Å². The molecule has 2 aliphatic rings. The van der Waals surface area contributed by atoms with E-state index in [0.29, 0.717) is 6.42 Å². The summed E-state index contributed by atoms with van der Waals surface area (Å²) in [5.74, 6) is -0.250. The lowest BCUT2D eigenvalue weighted by Crippen LogP contribution is -2.65. The smallest absolute Gasteiger partial charge is 0.220 e. The van der Waals surface area contributed by atoms with Gasteiger partial charge in [-0.05, 0) is 64.2 Å². The zero-order chi connectivity index (χ0) is 51.7. The minimum absolute atomic E-state index is 0.250. The molecule has 12 unspecified atom stereocenters. The van der Waals surface area contributed by atoms with Crippen LogP contribution in [0.3, 0.4) is 0 Å². The van der Waals surface area contributed by atoms with Crippen molar-refractivity contribution >= 4 is 5.91 Å². The quantitative estimate of drug-likeness (QED) is 0.0207. The van der Waals surface area contributed by atoms with Crippen molar-refractivity contribution in [3.8, 4) is 0 Å². The van der Waals surface area contributed by atoms with Crippen molar-refractivity contribution in [3.05, 3.63) is 72.9 Å². The zero-order valence-electron chi connectivity index (χ0n) is 43.7. The van der Waals surface area contributed by atoms with Gasteiger partial charge in [0.1, 0.15) is 48.8 Å².